The van der Waals surface area contributed by atoms with E-state index in [1.54, 1.807) is 36.1 Å². The van der Waals surface area contributed by atoms with Gasteiger partial charge in [0, 0.05) is 37.4 Å². The number of aromatic nitrogens is 2. The molecule has 0 saturated carbocycles. The first kappa shape index (κ1) is 12.4. The van der Waals surface area contributed by atoms with Gasteiger partial charge in [-0.05, 0) is 17.7 Å². The molecular weight excluding hydrogens is 250 g/mol. The van der Waals surface area contributed by atoms with Crippen LogP contribution in [-0.4, -0.2) is 9.55 Å². The number of pyridine rings is 2. The van der Waals surface area contributed by atoms with E-state index in [4.69, 9.17) is 0 Å². The number of hydrogen-bond acceptors (Lipinski definition) is 3. The smallest absolute Gasteiger partial charge is 0.250 e. The number of nitrogens with zero attached hydrogens (tertiary/aromatic N) is 2. The van der Waals surface area contributed by atoms with E-state index in [1.807, 2.05) is 12.1 Å². The van der Waals surface area contributed by atoms with Gasteiger partial charge >= 0.3 is 0 Å². The summed E-state index contributed by atoms with van der Waals surface area (Å²) in [6, 6.07) is 13.5. The van der Waals surface area contributed by atoms with Crippen LogP contribution < -0.4 is 10.9 Å². The second-order valence-corrected chi connectivity index (χ2v) is 4.71. The fourth-order valence-electron chi connectivity index (χ4n) is 2.21. The highest BCUT2D eigenvalue weighted by Gasteiger charge is 2.02. The summed E-state index contributed by atoms with van der Waals surface area (Å²) in [5.41, 5.74) is 3.05. The molecule has 0 saturated heterocycles. The van der Waals surface area contributed by atoms with E-state index >= 15 is 0 Å². The van der Waals surface area contributed by atoms with E-state index in [0.29, 0.717) is 6.54 Å². The minimum Gasteiger partial charge on any atom is -0.380 e. The van der Waals surface area contributed by atoms with Crippen molar-refractivity contribution in [2.75, 3.05) is 5.32 Å². The van der Waals surface area contributed by atoms with Crippen molar-refractivity contribution in [2.24, 2.45) is 7.05 Å². The van der Waals surface area contributed by atoms with Crippen LogP contribution in [0, 0.1) is 0 Å². The lowest BCUT2D eigenvalue weighted by Crippen LogP contribution is -2.15. The minimum absolute atomic E-state index is 0.0117. The van der Waals surface area contributed by atoms with Gasteiger partial charge < -0.3 is 9.88 Å². The summed E-state index contributed by atoms with van der Waals surface area (Å²) < 4.78 is 1.56. The van der Waals surface area contributed by atoms with E-state index in [1.165, 1.54) is 0 Å². The van der Waals surface area contributed by atoms with Crippen molar-refractivity contribution in [3.05, 3.63) is 70.8 Å². The second-order valence-electron chi connectivity index (χ2n) is 4.71. The summed E-state index contributed by atoms with van der Waals surface area (Å²) in [5.74, 6) is 0. The summed E-state index contributed by atoms with van der Waals surface area (Å²) in [6.07, 6.45) is 3.60. The zero-order valence-electron chi connectivity index (χ0n) is 11.2. The molecule has 0 bridgehead atoms. The van der Waals surface area contributed by atoms with Crippen LogP contribution in [-0.2, 0) is 13.6 Å². The topological polar surface area (TPSA) is 46.9 Å². The van der Waals surface area contributed by atoms with E-state index in [2.05, 4.69) is 28.5 Å². The number of nitrogens with one attached hydrogen (secondary N) is 1. The number of aryl methyl sites for hydroxylation is 1. The van der Waals surface area contributed by atoms with Crippen LogP contribution >= 0.6 is 0 Å². The maximum atomic E-state index is 11.3. The minimum atomic E-state index is -0.0117. The summed E-state index contributed by atoms with van der Waals surface area (Å²) in [7, 11) is 1.74. The molecule has 0 atom stereocenters. The Hall–Kier alpha value is -2.62. The van der Waals surface area contributed by atoms with Gasteiger partial charge in [0.05, 0.1) is 11.2 Å². The maximum Gasteiger partial charge on any atom is 0.250 e. The number of rotatable bonds is 3. The average Bonchev–Trinajstić information content (AvgIpc) is 2.48. The SMILES string of the molecule is Cn1cc(NCc2cccc3cccnc23)ccc1=O. The van der Waals surface area contributed by atoms with Gasteiger partial charge in [0.2, 0.25) is 5.56 Å². The zero-order chi connectivity index (χ0) is 13.9. The molecule has 2 aromatic heterocycles. The Labute approximate surface area is 116 Å². The number of para-hydroxylation sites is 1. The molecule has 0 radical (unpaired) electrons. The summed E-state index contributed by atoms with van der Waals surface area (Å²) >= 11 is 0. The monoisotopic (exact) mass is 265 g/mol. The molecule has 100 valence electrons. The molecule has 20 heavy (non-hydrogen) atoms. The second kappa shape index (κ2) is 5.17. The van der Waals surface area contributed by atoms with E-state index in [-0.39, 0.29) is 5.56 Å². The molecule has 0 unspecified atom stereocenters. The highest BCUT2D eigenvalue weighted by molar-refractivity contribution is 5.81. The Balaban J connectivity index is 1.86. The fourth-order valence-corrected chi connectivity index (χ4v) is 2.21. The average molecular weight is 265 g/mol. The number of benzene rings is 1. The van der Waals surface area contributed by atoms with Crippen LogP contribution in [0.4, 0.5) is 5.69 Å². The quantitative estimate of drug-likeness (QED) is 0.791. The highest BCUT2D eigenvalue weighted by atomic mass is 16.1. The van der Waals surface area contributed by atoms with Gasteiger partial charge in [0.1, 0.15) is 0 Å². The Bertz CT molecular complexity index is 803. The predicted octanol–water partition coefficient (Wildman–Crippen LogP) is 2.55. The third-order valence-corrected chi connectivity index (χ3v) is 3.29. The normalized spacial score (nSPS) is 10.7. The molecule has 4 nitrogen and oxygen atoms in total. The van der Waals surface area contributed by atoms with Crippen molar-refractivity contribution >= 4 is 16.6 Å². The number of hydrogen-bond donors (Lipinski definition) is 1. The third kappa shape index (κ3) is 2.40. The van der Waals surface area contributed by atoms with Crippen LogP contribution in [0.25, 0.3) is 10.9 Å². The Morgan fingerprint density at radius 1 is 1.15 bits per heavy atom. The van der Waals surface area contributed by atoms with Crippen molar-refractivity contribution in [1.29, 1.82) is 0 Å². The zero-order valence-corrected chi connectivity index (χ0v) is 11.2. The largest absolute Gasteiger partial charge is 0.380 e. The van der Waals surface area contributed by atoms with Crippen LogP contribution in [0.3, 0.4) is 0 Å². The van der Waals surface area contributed by atoms with Crippen molar-refractivity contribution in [1.82, 2.24) is 9.55 Å². The van der Waals surface area contributed by atoms with Crippen LogP contribution in [0.15, 0.2) is 59.7 Å². The molecule has 1 N–H and O–H groups in total. The Kier molecular flexibility index (Phi) is 3.21. The fraction of sp³-hybridized carbons (Fsp3) is 0.125. The van der Waals surface area contributed by atoms with Crippen molar-refractivity contribution in [2.45, 2.75) is 6.54 Å². The van der Waals surface area contributed by atoms with Gasteiger partial charge in [-0.25, -0.2) is 0 Å². The van der Waals surface area contributed by atoms with Crippen molar-refractivity contribution in [3.63, 3.8) is 0 Å². The van der Waals surface area contributed by atoms with Gasteiger partial charge in [0.15, 0.2) is 0 Å². The van der Waals surface area contributed by atoms with Crippen LogP contribution in [0.2, 0.25) is 0 Å². The van der Waals surface area contributed by atoms with Gasteiger partial charge in [-0.3, -0.25) is 9.78 Å². The third-order valence-electron chi connectivity index (χ3n) is 3.29. The lowest BCUT2D eigenvalue weighted by Gasteiger charge is -2.09. The molecular formula is C16H15N3O. The molecule has 3 rings (SSSR count). The first-order valence-corrected chi connectivity index (χ1v) is 6.47. The molecule has 4 heteroatoms. The van der Waals surface area contributed by atoms with Crippen molar-refractivity contribution < 1.29 is 0 Å². The molecule has 0 fully saturated rings. The highest BCUT2D eigenvalue weighted by Crippen LogP contribution is 2.17. The Morgan fingerprint density at radius 3 is 2.85 bits per heavy atom. The molecule has 0 spiro atoms. The van der Waals surface area contributed by atoms with Crippen LogP contribution in [0.5, 0.6) is 0 Å². The van der Waals surface area contributed by atoms with E-state index in [9.17, 15) is 4.79 Å². The molecule has 0 aliphatic carbocycles. The summed E-state index contributed by atoms with van der Waals surface area (Å²) in [6.45, 7) is 0.673. The van der Waals surface area contributed by atoms with E-state index < -0.39 is 0 Å². The first-order valence-electron chi connectivity index (χ1n) is 6.47. The summed E-state index contributed by atoms with van der Waals surface area (Å²) in [4.78, 5) is 15.8. The standard InChI is InChI=1S/C16H15N3O/c1-19-11-14(7-8-15(19)20)18-10-13-5-2-4-12-6-3-9-17-16(12)13/h2-9,11,18H,10H2,1H3. The number of fused-ring (bicyclic) bond motifs is 1. The molecule has 1 aromatic carbocycles. The van der Waals surface area contributed by atoms with Gasteiger partial charge in [0.25, 0.3) is 0 Å². The maximum absolute atomic E-state index is 11.3. The van der Waals surface area contributed by atoms with Crippen LogP contribution in [0.1, 0.15) is 5.56 Å². The summed E-state index contributed by atoms with van der Waals surface area (Å²) in [5, 5.41) is 4.45. The lowest BCUT2D eigenvalue weighted by atomic mass is 10.1. The molecule has 3 aromatic rings. The molecule has 0 aliphatic heterocycles. The Morgan fingerprint density at radius 2 is 2.00 bits per heavy atom. The van der Waals surface area contributed by atoms with Crippen molar-refractivity contribution in [3.8, 4) is 0 Å². The lowest BCUT2D eigenvalue weighted by molar-refractivity contribution is 0.859. The molecule has 0 aliphatic rings. The van der Waals surface area contributed by atoms with E-state index in [0.717, 1.165) is 22.2 Å². The molecule has 0 amide bonds. The predicted molar refractivity (Wildman–Crippen MR) is 80.8 cm³/mol. The van der Waals surface area contributed by atoms with Gasteiger partial charge in [-0.15, -0.1) is 0 Å². The van der Waals surface area contributed by atoms with Gasteiger partial charge in [-0.2, -0.15) is 0 Å². The first-order chi connectivity index (χ1) is 9.74. The molecule has 2 heterocycles. The van der Waals surface area contributed by atoms with Gasteiger partial charge in [-0.1, -0.05) is 24.3 Å². The number of anilines is 1.